The van der Waals surface area contributed by atoms with Crippen LogP contribution in [0.2, 0.25) is 0 Å². The van der Waals surface area contributed by atoms with Crippen molar-refractivity contribution in [1.29, 1.82) is 0 Å². The Labute approximate surface area is 172 Å². The largest absolute Gasteiger partial charge is 0.503 e. The number of nitro benzene ring substituents is 1. The van der Waals surface area contributed by atoms with E-state index in [1.54, 1.807) is 12.1 Å². The zero-order valence-corrected chi connectivity index (χ0v) is 16.5. The van der Waals surface area contributed by atoms with Gasteiger partial charge in [-0.25, -0.2) is 0 Å². The van der Waals surface area contributed by atoms with E-state index in [0.29, 0.717) is 17.9 Å². The molecule has 1 aromatic carbocycles. The molecule has 1 atom stereocenters. The molecule has 0 aliphatic carbocycles. The number of aliphatic hydroxyl groups is 1. The fraction of sp³-hybridized carbons (Fsp3) is 0.238. The molecule has 0 spiro atoms. The van der Waals surface area contributed by atoms with Crippen LogP contribution in [0.3, 0.4) is 0 Å². The van der Waals surface area contributed by atoms with Gasteiger partial charge in [-0.1, -0.05) is 0 Å². The van der Waals surface area contributed by atoms with Crippen LogP contribution in [-0.4, -0.2) is 58.7 Å². The predicted octanol–water partition coefficient (Wildman–Crippen LogP) is 2.73. The molecule has 30 heavy (non-hydrogen) atoms. The van der Waals surface area contributed by atoms with Crippen molar-refractivity contribution in [3.8, 4) is 0 Å². The van der Waals surface area contributed by atoms with Gasteiger partial charge in [0.15, 0.2) is 11.5 Å². The summed E-state index contributed by atoms with van der Waals surface area (Å²) in [7, 11) is 3.68. The van der Waals surface area contributed by atoms with Gasteiger partial charge in [-0.2, -0.15) is 0 Å². The molecular formula is C21H21N3O6. The Kier molecular flexibility index (Phi) is 6.12. The second-order valence-corrected chi connectivity index (χ2v) is 7.03. The van der Waals surface area contributed by atoms with Gasteiger partial charge in [-0.3, -0.25) is 19.7 Å². The highest BCUT2D eigenvalue weighted by Crippen LogP contribution is 2.38. The molecular weight excluding hydrogens is 390 g/mol. The summed E-state index contributed by atoms with van der Waals surface area (Å²) in [6, 6.07) is 8.06. The number of carbonyl (C=O) groups is 2. The highest BCUT2D eigenvalue weighted by atomic mass is 16.6. The van der Waals surface area contributed by atoms with Crippen LogP contribution in [0.1, 0.15) is 17.4 Å². The van der Waals surface area contributed by atoms with Crippen molar-refractivity contribution >= 4 is 23.5 Å². The lowest BCUT2D eigenvalue weighted by atomic mass is 9.95. The average molecular weight is 411 g/mol. The smallest absolute Gasteiger partial charge is 0.290 e. The molecule has 0 saturated heterocycles. The van der Waals surface area contributed by atoms with Gasteiger partial charge in [0.1, 0.15) is 5.76 Å². The maximum Gasteiger partial charge on any atom is 0.290 e. The highest BCUT2D eigenvalue weighted by molar-refractivity contribution is 6.14. The maximum atomic E-state index is 12.9. The molecule has 156 valence electrons. The van der Waals surface area contributed by atoms with Crippen molar-refractivity contribution in [3.05, 3.63) is 81.5 Å². The Morgan fingerprint density at radius 2 is 2.00 bits per heavy atom. The quantitative estimate of drug-likeness (QED) is 0.403. The minimum atomic E-state index is -0.855. The van der Waals surface area contributed by atoms with Gasteiger partial charge in [-0.05, 0) is 56.1 Å². The van der Waals surface area contributed by atoms with Gasteiger partial charge < -0.3 is 19.3 Å². The van der Waals surface area contributed by atoms with Crippen molar-refractivity contribution < 1.29 is 24.0 Å². The van der Waals surface area contributed by atoms with Crippen LogP contribution < -0.4 is 0 Å². The second-order valence-electron chi connectivity index (χ2n) is 7.03. The van der Waals surface area contributed by atoms with Crippen molar-refractivity contribution in [2.75, 3.05) is 27.2 Å². The van der Waals surface area contributed by atoms with Crippen molar-refractivity contribution in [2.45, 2.75) is 6.04 Å². The highest BCUT2D eigenvalue weighted by Gasteiger charge is 2.42. The Balaban J connectivity index is 1.99. The number of nitrogens with zero attached hydrogens (tertiary/aromatic N) is 3. The molecule has 1 aliphatic rings. The minimum Gasteiger partial charge on any atom is -0.503 e. The average Bonchev–Trinajstić information content (AvgIpc) is 3.32. The zero-order chi connectivity index (χ0) is 21.8. The number of carbonyl (C=O) groups excluding carboxylic acids is 2. The van der Waals surface area contributed by atoms with Crippen molar-refractivity contribution in [2.24, 2.45) is 0 Å². The number of aliphatic hydroxyl groups excluding tert-OH is 1. The molecule has 1 aromatic heterocycles. The second kappa shape index (κ2) is 8.75. The first-order valence-corrected chi connectivity index (χ1v) is 9.18. The zero-order valence-electron chi connectivity index (χ0n) is 16.5. The summed E-state index contributed by atoms with van der Waals surface area (Å²) in [6.07, 6.45) is 4.14. The Hall–Kier alpha value is -3.72. The van der Waals surface area contributed by atoms with Crippen LogP contribution >= 0.6 is 0 Å². The molecule has 0 fully saturated rings. The molecule has 0 radical (unpaired) electrons. The molecule has 0 saturated carbocycles. The number of hydrogen-bond acceptors (Lipinski definition) is 7. The molecule has 3 rings (SSSR count). The first-order chi connectivity index (χ1) is 14.3. The number of amides is 1. The summed E-state index contributed by atoms with van der Waals surface area (Å²) >= 11 is 0. The number of allylic oxidation sites excluding steroid dienone is 1. The molecule has 1 unspecified atom stereocenters. The fourth-order valence-corrected chi connectivity index (χ4v) is 3.20. The summed E-state index contributed by atoms with van der Waals surface area (Å²) in [5.74, 6) is -1.38. The number of hydrogen-bond donors (Lipinski definition) is 1. The lowest BCUT2D eigenvalue weighted by Crippen LogP contribution is -2.36. The normalized spacial score (nSPS) is 16.8. The SMILES string of the molecule is CN(C)CCN1C(=O)C(O)=C(C(=O)/C=C/c2ccco2)C1c1ccc([N+](=O)[O-])cc1. The van der Waals surface area contributed by atoms with E-state index >= 15 is 0 Å². The number of rotatable bonds is 8. The third kappa shape index (κ3) is 4.31. The monoisotopic (exact) mass is 411 g/mol. The van der Waals surface area contributed by atoms with E-state index in [4.69, 9.17) is 4.42 Å². The number of likely N-dealkylation sites (N-methyl/N-ethyl adjacent to an activating group) is 1. The van der Waals surface area contributed by atoms with Gasteiger partial charge in [0, 0.05) is 25.2 Å². The minimum absolute atomic E-state index is 0.0737. The van der Waals surface area contributed by atoms with Crippen molar-refractivity contribution in [1.82, 2.24) is 9.80 Å². The van der Waals surface area contributed by atoms with Crippen LogP contribution in [0.25, 0.3) is 6.08 Å². The molecule has 9 nitrogen and oxygen atoms in total. The topological polar surface area (TPSA) is 117 Å². The number of ketones is 1. The lowest BCUT2D eigenvalue weighted by molar-refractivity contribution is -0.384. The molecule has 0 bridgehead atoms. The molecule has 1 N–H and O–H groups in total. The lowest BCUT2D eigenvalue weighted by Gasteiger charge is -2.27. The van der Waals surface area contributed by atoms with E-state index < -0.39 is 28.4 Å². The van der Waals surface area contributed by atoms with E-state index in [-0.39, 0.29) is 17.8 Å². The molecule has 2 aromatic rings. The third-order valence-electron chi connectivity index (χ3n) is 4.72. The van der Waals surface area contributed by atoms with E-state index in [0.717, 1.165) is 0 Å². The summed E-state index contributed by atoms with van der Waals surface area (Å²) in [5.41, 5.74) is 0.309. The Morgan fingerprint density at radius 3 is 2.57 bits per heavy atom. The van der Waals surface area contributed by atoms with Gasteiger partial charge in [0.05, 0.1) is 22.8 Å². The standard InChI is InChI=1S/C21H21N3O6/c1-22(2)11-12-23-19(14-5-7-15(8-6-14)24(28)29)18(20(26)21(23)27)17(25)10-9-16-4-3-13-30-16/h3-10,13,19,26H,11-12H2,1-2H3/b10-9+. The first kappa shape index (κ1) is 21.0. The molecule has 1 aliphatic heterocycles. The molecule has 9 heteroatoms. The summed E-state index contributed by atoms with van der Waals surface area (Å²) < 4.78 is 5.16. The maximum absolute atomic E-state index is 12.9. The number of nitro groups is 1. The summed E-state index contributed by atoms with van der Waals surface area (Å²) in [6.45, 7) is 0.766. The molecule has 2 heterocycles. The summed E-state index contributed by atoms with van der Waals surface area (Å²) in [4.78, 5) is 39.3. The first-order valence-electron chi connectivity index (χ1n) is 9.18. The third-order valence-corrected chi connectivity index (χ3v) is 4.72. The van der Waals surface area contributed by atoms with Crippen LogP contribution in [0.15, 0.2) is 64.5 Å². The van der Waals surface area contributed by atoms with Crippen molar-refractivity contribution in [3.63, 3.8) is 0 Å². The predicted molar refractivity (Wildman–Crippen MR) is 109 cm³/mol. The van der Waals surface area contributed by atoms with Gasteiger partial charge >= 0.3 is 0 Å². The number of benzene rings is 1. The van der Waals surface area contributed by atoms with Gasteiger partial charge in [-0.15, -0.1) is 0 Å². The summed E-state index contributed by atoms with van der Waals surface area (Å²) in [5, 5.41) is 21.4. The van der Waals surface area contributed by atoms with Crippen LogP contribution in [0.4, 0.5) is 5.69 Å². The van der Waals surface area contributed by atoms with Crippen LogP contribution in [-0.2, 0) is 9.59 Å². The number of furan rings is 1. The van der Waals surface area contributed by atoms with E-state index in [1.165, 1.54) is 47.6 Å². The van der Waals surface area contributed by atoms with Crippen LogP contribution in [0, 0.1) is 10.1 Å². The van der Waals surface area contributed by atoms with E-state index in [2.05, 4.69) is 0 Å². The van der Waals surface area contributed by atoms with E-state index in [9.17, 15) is 24.8 Å². The van der Waals surface area contributed by atoms with Gasteiger partial charge in [0.2, 0.25) is 0 Å². The van der Waals surface area contributed by atoms with Crippen LogP contribution in [0.5, 0.6) is 0 Å². The fourth-order valence-electron chi connectivity index (χ4n) is 3.20. The molecule has 1 amide bonds. The van der Waals surface area contributed by atoms with E-state index in [1.807, 2.05) is 19.0 Å². The number of non-ortho nitro benzene ring substituents is 1. The Bertz CT molecular complexity index is 1010. The Morgan fingerprint density at radius 1 is 1.30 bits per heavy atom. The van der Waals surface area contributed by atoms with Gasteiger partial charge in [0.25, 0.3) is 11.6 Å².